The Kier molecular flexibility index (Phi) is 4.75. The molecule has 0 bridgehead atoms. The van der Waals surface area contributed by atoms with Crippen LogP contribution in [-0.2, 0) is 0 Å². The van der Waals surface area contributed by atoms with Crippen LogP contribution >= 0.6 is 0 Å². The van der Waals surface area contributed by atoms with E-state index >= 15 is 0 Å². The van der Waals surface area contributed by atoms with Gasteiger partial charge in [0.1, 0.15) is 0 Å². The van der Waals surface area contributed by atoms with Gasteiger partial charge >= 0.3 is 0 Å². The number of aliphatic hydroxyl groups excluding tert-OH is 1. The maximum Gasteiger partial charge on any atom is 0.255 e. The van der Waals surface area contributed by atoms with Crippen LogP contribution in [0.5, 0.6) is 0 Å². The van der Waals surface area contributed by atoms with Crippen LogP contribution in [0.2, 0.25) is 0 Å². The fraction of sp³-hybridized carbons (Fsp3) is 0.500. The van der Waals surface area contributed by atoms with Crippen molar-refractivity contribution in [3.05, 3.63) is 29.6 Å². The molecule has 0 aromatic carbocycles. The average molecular weight is 272 g/mol. The van der Waals surface area contributed by atoms with E-state index in [9.17, 15) is 4.79 Å². The summed E-state index contributed by atoms with van der Waals surface area (Å²) >= 11 is 0. The molecule has 4 heteroatoms. The van der Waals surface area contributed by atoms with Crippen LogP contribution in [0.15, 0.2) is 18.5 Å². The summed E-state index contributed by atoms with van der Waals surface area (Å²) < 4.78 is 0. The minimum atomic E-state index is -0.0138. The minimum Gasteiger partial charge on any atom is -0.395 e. The van der Waals surface area contributed by atoms with Gasteiger partial charge in [0.15, 0.2) is 0 Å². The standard InChI is InChI=1S/C16H20N2O2/c1-12(13-6-7-13)18(2)16(20)15-8-9-17-11-14(15)5-3-4-10-19/h8-9,11-13,19H,4,6-7,10H2,1-2H3. The van der Waals surface area contributed by atoms with Crippen LogP contribution in [0, 0.1) is 17.8 Å². The zero-order valence-corrected chi connectivity index (χ0v) is 12.0. The van der Waals surface area contributed by atoms with Crippen molar-refractivity contribution >= 4 is 5.91 Å². The van der Waals surface area contributed by atoms with Gasteiger partial charge in [-0.1, -0.05) is 11.8 Å². The zero-order chi connectivity index (χ0) is 14.5. The fourth-order valence-corrected chi connectivity index (χ4v) is 2.16. The molecule has 1 amide bonds. The van der Waals surface area contributed by atoms with Gasteiger partial charge in [0, 0.05) is 31.9 Å². The van der Waals surface area contributed by atoms with Gasteiger partial charge < -0.3 is 10.0 Å². The molecule has 1 heterocycles. The smallest absolute Gasteiger partial charge is 0.255 e. The van der Waals surface area contributed by atoms with E-state index in [2.05, 4.69) is 23.7 Å². The van der Waals surface area contributed by atoms with Crippen molar-refractivity contribution in [2.24, 2.45) is 5.92 Å². The number of hydrogen-bond acceptors (Lipinski definition) is 3. The van der Waals surface area contributed by atoms with Crippen LogP contribution in [0.4, 0.5) is 0 Å². The molecule has 4 nitrogen and oxygen atoms in total. The summed E-state index contributed by atoms with van der Waals surface area (Å²) in [6.45, 7) is 2.11. The van der Waals surface area contributed by atoms with Crippen molar-refractivity contribution in [2.45, 2.75) is 32.2 Å². The lowest BCUT2D eigenvalue weighted by Gasteiger charge is -2.25. The van der Waals surface area contributed by atoms with Gasteiger partial charge in [-0.3, -0.25) is 9.78 Å². The number of aromatic nitrogens is 1. The maximum absolute atomic E-state index is 12.6. The minimum absolute atomic E-state index is 0.0138. The molecular formula is C16H20N2O2. The van der Waals surface area contributed by atoms with Gasteiger partial charge in [-0.25, -0.2) is 0 Å². The van der Waals surface area contributed by atoms with Crippen molar-refractivity contribution < 1.29 is 9.90 Å². The third-order valence-electron chi connectivity index (χ3n) is 3.75. The van der Waals surface area contributed by atoms with Gasteiger partial charge in [0.25, 0.3) is 5.91 Å². The van der Waals surface area contributed by atoms with Crippen LogP contribution < -0.4 is 0 Å². The first-order chi connectivity index (χ1) is 9.65. The predicted octanol–water partition coefficient (Wildman–Crippen LogP) is 1.69. The van der Waals surface area contributed by atoms with E-state index in [4.69, 9.17) is 5.11 Å². The second-order valence-corrected chi connectivity index (χ2v) is 5.19. The number of carbonyl (C=O) groups excluding carboxylic acids is 1. The first kappa shape index (κ1) is 14.5. The van der Waals surface area contributed by atoms with Gasteiger partial charge in [0.2, 0.25) is 0 Å². The van der Waals surface area contributed by atoms with Gasteiger partial charge in [0.05, 0.1) is 17.7 Å². The molecule has 106 valence electrons. The number of nitrogens with zero attached hydrogens (tertiary/aromatic N) is 2. The molecule has 1 fully saturated rings. The number of rotatable bonds is 4. The Balaban J connectivity index is 2.19. The normalized spacial score (nSPS) is 15.2. The molecule has 0 radical (unpaired) electrons. The summed E-state index contributed by atoms with van der Waals surface area (Å²) in [7, 11) is 1.84. The first-order valence-corrected chi connectivity index (χ1v) is 6.96. The number of hydrogen-bond donors (Lipinski definition) is 1. The Morgan fingerprint density at radius 1 is 1.60 bits per heavy atom. The molecule has 1 aliphatic rings. The Hall–Kier alpha value is -1.86. The van der Waals surface area contributed by atoms with Gasteiger partial charge in [-0.05, 0) is 31.7 Å². The van der Waals surface area contributed by atoms with Crippen molar-refractivity contribution in [1.29, 1.82) is 0 Å². The lowest BCUT2D eigenvalue weighted by molar-refractivity contribution is 0.0727. The zero-order valence-electron chi connectivity index (χ0n) is 12.0. The monoisotopic (exact) mass is 272 g/mol. The summed E-state index contributed by atoms with van der Waals surface area (Å²) in [5, 5.41) is 8.76. The Morgan fingerprint density at radius 3 is 3.00 bits per heavy atom. The van der Waals surface area contributed by atoms with E-state index in [-0.39, 0.29) is 18.6 Å². The Bertz CT molecular complexity index is 541. The van der Waals surface area contributed by atoms with E-state index in [1.807, 2.05) is 7.05 Å². The summed E-state index contributed by atoms with van der Waals surface area (Å²) in [5.41, 5.74) is 1.21. The van der Waals surface area contributed by atoms with Crippen LogP contribution in [-0.4, -0.2) is 40.6 Å². The summed E-state index contributed by atoms with van der Waals surface area (Å²) in [6, 6.07) is 1.97. The van der Waals surface area contributed by atoms with Gasteiger partial charge in [-0.15, -0.1) is 0 Å². The molecule has 2 rings (SSSR count). The van der Waals surface area contributed by atoms with Gasteiger partial charge in [-0.2, -0.15) is 0 Å². The van der Waals surface area contributed by atoms with Crippen molar-refractivity contribution in [2.75, 3.05) is 13.7 Å². The van der Waals surface area contributed by atoms with Crippen molar-refractivity contribution in [3.63, 3.8) is 0 Å². The molecule has 1 saturated carbocycles. The summed E-state index contributed by atoms with van der Waals surface area (Å²) in [6.07, 6.45) is 6.03. The molecule has 1 unspecified atom stereocenters. The lowest BCUT2D eigenvalue weighted by Crippen LogP contribution is -2.36. The largest absolute Gasteiger partial charge is 0.395 e. The lowest BCUT2D eigenvalue weighted by atomic mass is 10.1. The van der Waals surface area contributed by atoms with E-state index in [1.165, 1.54) is 12.8 Å². The third kappa shape index (κ3) is 3.37. The number of carbonyl (C=O) groups is 1. The maximum atomic E-state index is 12.6. The molecule has 20 heavy (non-hydrogen) atoms. The first-order valence-electron chi connectivity index (χ1n) is 6.96. The highest BCUT2D eigenvalue weighted by Gasteiger charge is 2.33. The number of pyridine rings is 1. The molecule has 0 aliphatic heterocycles. The second-order valence-electron chi connectivity index (χ2n) is 5.19. The molecule has 1 aromatic heterocycles. The second kappa shape index (κ2) is 6.53. The molecule has 1 aliphatic carbocycles. The molecule has 0 saturated heterocycles. The Labute approximate surface area is 119 Å². The van der Waals surface area contributed by atoms with Crippen LogP contribution in [0.1, 0.15) is 42.1 Å². The molecule has 1 aromatic rings. The highest BCUT2D eigenvalue weighted by atomic mass is 16.2. The fourth-order valence-electron chi connectivity index (χ4n) is 2.16. The van der Waals surface area contributed by atoms with E-state index < -0.39 is 0 Å². The van der Waals surface area contributed by atoms with Crippen LogP contribution in [0.25, 0.3) is 0 Å². The van der Waals surface area contributed by atoms with E-state index in [0.29, 0.717) is 23.5 Å². The molecule has 1 atom stereocenters. The number of aliphatic hydroxyl groups is 1. The van der Waals surface area contributed by atoms with E-state index in [0.717, 1.165) is 0 Å². The van der Waals surface area contributed by atoms with Crippen LogP contribution in [0.3, 0.4) is 0 Å². The van der Waals surface area contributed by atoms with E-state index in [1.54, 1.807) is 23.4 Å². The molecular weight excluding hydrogens is 252 g/mol. The van der Waals surface area contributed by atoms with Crippen molar-refractivity contribution in [1.82, 2.24) is 9.88 Å². The average Bonchev–Trinajstić information content (AvgIpc) is 3.30. The number of amides is 1. The topological polar surface area (TPSA) is 53.4 Å². The highest BCUT2D eigenvalue weighted by Crippen LogP contribution is 2.35. The predicted molar refractivity (Wildman–Crippen MR) is 77.1 cm³/mol. The molecule has 0 spiro atoms. The summed E-state index contributed by atoms with van der Waals surface area (Å²) in [5.74, 6) is 6.37. The highest BCUT2D eigenvalue weighted by molar-refractivity contribution is 5.96. The summed E-state index contributed by atoms with van der Waals surface area (Å²) in [4.78, 5) is 18.4. The quantitative estimate of drug-likeness (QED) is 0.849. The third-order valence-corrected chi connectivity index (χ3v) is 3.75. The molecule has 1 N–H and O–H groups in total. The van der Waals surface area contributed by atoms with Crippen molar-refractivity contribution in [3.8, 4) is 11.8 Å². The Morgan fingerprint density at radius 2 is 2.35 bits per heavy atom. The SMILES string of the molecule is CC(C1CC1)N(C)C(=O)c1ccncc1C#CCCO.